The van der Waals surface area contributed by atoms with E-state index in [0.717, 1.165) is 6.42 Å². The van der Waals surface area contributed by atoms with Crippen molar-refractivity contribution < 1.29 is 4.79 Å². The van der Waals surface area contributed by atoms with Gasteiger partial charge in [0, 0.05) is 0 Å². The van der Waals surface area contributed by atoms with E-state index in [9.17, 15) is 4.79 Å². The molecule has 0 aliphatic rings. The maximum Gasteiger partial charge on any atom is 0.240 e. The van der Waals surface area contributed by atoms with Crippen LogP contribution in [0, 0.1) is 16.7 Å². The van der Waals surface area contributed by atoms with Gasteiger partial charge in [0.1, 0.15) is 0 Å². The van der Waals surface area contributed by atoms with Crippen molar-refractivity contribution in [2.45, 2.75) is 48.0 Å². The molecular formula is C11H24N2O. The van der Waals surface area contributed by atoms with E-state index in [0.29, 0.717) is 0 Å². The van der Waals surface area contributed by atoms with E-state index in [1.807, 2.05) is 13.8 Å². The third kappa shape index (κ3) is 2.47. The van der Waals surface area contributed by atoms with E-state index in [4.69, 9.17) is 5.84 Å². The monoisotopic (exact) mass is 200 g/mol. The summed E-state index contributed by atoms with van der Waals surface area (Å²) >= 11 is 0. The summed E-state index contributed by atoms with van der Waals surface area (Å²) in [4.78, 5) is 11.7. The Labute approximate surface area is 87.4 Å². The Hall–Kier alpha value is -0.570. The highest BCUT2D eigenvalue weighted by molar-refractivity contribution is 5.81. The van der Waals surface area contributed by atoms with Crippen molar-refractivity contribution in [3.05, 3.63) is 0 Å². The van der Waals surface area contributed by atoms with Gasteiger partial charge in [-0.05, 0) is 17.8 Å². The average Bonchev–Trinajstić information content (AvgIpc) is 2.12. The highest BCUT2D eigenvalue weighted by atomic mass is 16.2. The molecule has 0 radical (unpaired) electrons. The van der Waals surface area contributed by atoms with Gasteiger partial charge in [-0.3, -0.25) is 10.2 Å². The number of hydrogen-bond acceptors (Lipinski definition) is 2. The summed E-state index contributed by atoms with van der Waals surface area (Å²) in [5, 5.41) is 0. The summed E-state index contributed by atoms with van der Waals surface area (Å²) in [5.41, 5.74) is 2.00. The first-order valence-corrected chi connectivity index (χ1v) is 5.21. The molecule has 0 spiro atoms. The lowest BCUT2D eigenvalue weighted by Crippen LogP contribution is -2.48. The van der Waals surface area contributed by atoms with Crippen molar-refractivity contribution >= 4 is 5.91 Å². The summed E-state index contributed by atoms with van der Waals surface area (Å²) in [6.07, 6.45) is 0.800. The van der Waals surface area contributed by atoms with Crippen LogP contribution in [-0.2, 0) is 4.79 Å². The molecule has 0 fully saturated rings. The molecule has 3 nitrogen and oxygen atoms in total. The molecule has 2 atom stereocenters. The highest BCUT2D eigenvalue weighted by Gasteiger charge is 2.42. The highest BCUT2D eigenvalue weighted by Crippen LogP contribution is 2.42. The number of amides is 1. The van der Waals surface area contributed by atoms with Crippen molar-refractivity contribution in [2.75, 3.05) is 0 Å². The quantitative estimate of drug-likeness (QED) is 0.416. The molecule has 1 amide bonds. The summed E-state index contributed by atoms with van der Waals surface area (Å²) in [6, 6.07) is 0. The SMILES string of the molecule is CCC(C)(C(=O)NN)C(C)C(C)(C)C. The van der Waals surface area contributed by atoms with Gasteiger partial charge in [0.2, 0.25) is 5.91 Å². The molecule has 0 heterocycles. The van der Waals surface area contributed by atoms with Crippen LogP contribution in [0.5, 0.6) is 0 Å². The summed E-state index contributed by atoms with van der Waals surface area (Å²) in [5.74, 6) is 5.43. The van der Waals surface area contributed by atoms with E-state index in [1.165, 1.54) is 0 Å². The molecule has 3 N–H and O–H groups in total. The first-order chi connectivity index (χ1) is 6.20. The molecule has 3 heteroatoms. The van der Waals surface area contributed by atoms with E-state index in [1.54, 1.807) is 0 Å². The lowest BCUT2D eigenvalue weighted by atomic mass is 9.64. The fourth-order valence-corrected chi connectivity index (χ4v) is 1.78. The number of carbonyl (C=O) groups is 1. The van der Waals surface area contributed by atoms with Gasteiger partial charge in [-0.2, -0.15) is 0 Å². The normalized spacial score (nSPS) is 18.5. The smallest absolute Gasteiger partial charge is 0.240 e. The van der Waals surface area contributed by atoms with Gasteiger partial charge >= 0.3 is 0 Å². The lowest BCUT2D eigenvalue weighted by molar-refractivity contribution is -0.135. The van der Waals surface area contributed by atoms with Crippen molar-refractivity contribution in [3.63, 3.8) is 0 Å². The van der Waals surface area contributed by atoms with Crippen LogP contribution in [-0.4, -0.2) is 5.91 Å². The lowest BCUT2D eigenvalue weighted by Gasteiger charge is -2.40. The minimum absolute atomic E-state index is 0.0672. The van der Waals surface area contributed by atoms with Gasteiger partial charge in [-0.25, -0.2) is 5.84 Å². The molecule has 0 aliphatic carbocycles. The Bertz CT molecular complexity index is 208. The largest absolute Gasteiger partial charge is 0.294 e. The second kappa shape index (κ2) is 4.30. The molecule has 0 bridgehead atoms. The standard InChI is InChI=1S/C11H24N2O/c1-7-11(6,9(14)13-12)8(2)10(3,4)5/h8H,7,12H2,1-6H3,(H,13,14). The van der Waals surface area contributed by atoms with Crippen molar-refractivity contribution in [3.8, 4) is 0 Å². The van der Waals surface area contributed by atoms with Gasteiger partial charge in [-0.1, -0.05) is 41.5 Å². The third-order valence-electron chi connectivity index (χ3n) is 3.64. The van der Waals surface area contributed by atoms with Gasteiger partial charge < -0.3 is 0 Å². The number of carbonyl (C=O) groups excluding carboxylic acids is 1. The molecular weight excluding hydrogens is 176 g/mol. The molecule has 14 heavy (non-hydrogen) atoms. The number of rotatable bonds is 3. The molecule has 0 saturated carbocycles. The van der Waals surface area contributed by atoms with Crippen LogP contribution in [0.2, 0.25) is 0 Å². The van der Waals surface area contributed by atoms with Crippen LogP contribution in [0.25, 0.3) is 0 Å². The minimum atomic E-state index is -0.382. The van der Waals surface area contributed by atoms with Crippen LogP contribution in [0.4, 0.5) is 0 Å². The minimum Gasteiger partial charge on any atom is -0.294 e. The van der Waals surface area contributed by atoms with Gasteiger partial charge in [0.15, 0.2) is 0 Å². The van der Waals surface area contributed by atoms with Crippen LogP contribution >= 0.6 is 0 Å². The zero-order valence-electron chi connectivity index (χ0n) is 10.3. The molecule has 0 aromatic heterocycles. The summed E-state index contributed by atoms with van der Waals surface area (Å²) in [6.45, 7) is 12.6. The van der Waals surface area contributed by atoms with Gasteiger partial charge in [-0.15, -0.1) is 0 Å². The Kier molecular flexibility index (Phi) is 4.13. The van der Waals surface area contributed by atoms with Crippen LogP contribution < -0.4 is 11.3 Å². The van der Waals surface area contributed by atoms with Crippen molar-refractivity contribution in [2.24, 2.45) is 22.6 Å². The maximum absolute atomic E-state index is 11.7. The Morgan fingerprint density at radius 1 is 1.36 bits per heavy atom. The topological polar surface area (TPSA) is 55.1 Å². The van der Waals surface area contributed by atoms with E-state index in [2.05, 4.69) is 33.1 Å². The molecule has 0 aromatic rings. The molecule has 0 aromatic carbocycles. The van der Waals surface area contributed by atoms with Crippen LogP contribution in [0.1, 0.15) is 48.0 Å². The number of nitrogens with two attached hydrogens (primary N) is 1. The second-order valence-corrected chi connectivity index (χ2v) is 5.33. The fraction of sp³-hybridized carbons (Fsp3) is 0.909. The van der Waals surface area contributed by atoms with Gasteiger partial charge in [0.25, 0.3) is 0 Å². The second-order valence-electron chi connectivity index (χ2n) is 5.33. The zero-order valence-corrected chi connectivity index (χ0v) is 10.3. The Balaban J connectivity index is 4.95. The summed E-state index contributed by atoms with van der Waals surface area (Å²) < 4.78 is 0. The van der Waals surface area contributed by atoms with Crippen LogP contribution in [0.3, 0.4) is 0 Å². The Morgan fingerprint density at radius 2 is 1.79 bits per heavy atom. The average molecular weight is 200 g/mol. The van der Waals surface area contributed by atoms with Crippen molar-refractivity contribution in [1.29, 1.82) is 0 Å². The maximum atomic E-state index is 11.7. The number of nitrogens with one attached hydrogen (secondary N) is 1. The predicted molar refractivity (Wildman–Crippen MR) is 59.3 cm³/mol. The molecule has 84 valence electrons. The first kappa shape index (κ1) is 13.4. The first-order valence-electron chi connectivity index (χ1n) is 5.21. The fourth-order valence-electron chi connectivity index (χ4n) is 1.78. The Morgan fingerprint density at radius 3 is 2.00 bits per heavy atom. The van der Waals surface area contributed by atoms with Gasteiger partial charge in [0.05, 0.1) is 5.41 Å². The predicted octanol–water partition coefficient (Wildman–Crippen LogP) is 2.07. The zero-order chi connectivity index (χ0) is 11.6. The molecule has 2 unspecified atom stereocenters. The van der Waals surface area contributed by atoms with E-state index < -0.39 is 0 Å². The third-order valence-corrected chi connectivity index (χ3v) is 3.64. The number of hydrogen-bond donors (Lipinski definition) is 2. The van der Waals surface area contributed by atoms with E-state index >= 15 is 0 Å². The van der Waals surface area contributed by atoms with Crippen molar-refractivity contribution in [1.82, 2.24) is 5.43 Å². The molecule has 0 aliphatic heterocycles. The molecule has 0 saturated heterocycles. The number of hydrazine groups is 1. The molecule has 0 rings (SSSR count). The summed E-state index contributed by atoms with van der Waals surface area (Å²) in [7, 11) is 0. The van der Waals surface area contributed by atoms with E-state index in [-0.39, 0.29) is 22.7 Å². The van der Waals surface area contributed by atoms with Crippen LogP contribution in [0.15, 0.2) is 0 Å².